The van der Waals surface area contributed by atoms with E-state index < -0.39 is 0 Å². The van der Waals surface area contributed by atoms with Crippen molar-refractivity contribution in [3.8, 4) is 11.3 Å². The second kappa shape index (κ2) is 5.32. The van der Waals surface area contributed by atoms with Crippen molar-refractivity contribution in [3.63, 3.8) is 0 Å². The van der Waals surface area contributed by atoms with Crippen molar-refractivity contribution in [1.82, 2.24) is 9.78 Å². The number of nitrogens with two attached hydrogens (primary N) is 1. The van der Waals surface area contributed by atoms with Crippen LogP contribution in [0.25, 0.3) is 11.3 Å². The van der Waals surface area contributed by atoms with Crippen molar-refractivity contribution in [2.24, 2.45) is 0 Å². The first-order valence-electron chi connectivity index (χ1n) is 7.24. The number of hydrogen-bond acceptors (Lipinski definition) is 4. The van der Waals surface area contributed by atoms with Crippen LogP contribution in [0.4, 0.5) is 5.82 Å². The van der Waals surface area contributed by atoms with Crippen molar-refractivity contribution in [3.05, 3.63) is 24.2 Å². The zero-order valence-electron chi connectivity index (χ0n) is 11.7. The van der Waals surface area contributed by atoms with Gasteiger partial charge in [-0.25, -0.2) is 4.68 Å². The van der Waals surface area contributed by atoms with E-state index in [0.29, 0.717) is 5.82 Å². The van der Waals surface area contributed by atoms with Crippen molar-refractivity contribution in [1.29, 1.82) is 0 Å². The van der Waals surface area contributed by atoms with Gasteiger partial charge in [-0.3, -0.25) is 0 Å². The van der Waals surface area contributed by atoms with Gasteiger partial charge in [-0.2, -0.15) is 5.10 Å². The maximum Gasteiger partial charge on any atom is 0.122 e. The summed E-state index contributed by atoms with van der Waals surface area (Å²) in [5, 5.41) is 14.9. The minimum Gasteiger partial charge on any atom is -0.469 e. The van der Waals surface area contributed by atoms with Crippen molar-refractivity contribution < 1.29 is 9.52 Å². The normalized spacial score (nSPS) is 23.7. The molecule has 0 saturated heterocycles. The third-order valence-electron chi connectivity index (χ3n) is 4.16. The van der Waals surface area contributed by atoms with Crippen LogP contribution in [0.15, 0.2) is 22.8 Å². The average molecular weight is 275 g/mol. The van der Waals surface area contributed by atoms with Crippen LogP contribution < -0.4 is 5.73 Å². The van der Waals surface area contributed by atoms with Crippen molar-refractivity contribution in [2.75, 3.05) is 5.73 Å². The van der Waals surface area contributed by atoms with Crippen LogP contribution in [0.3, 0.4) is 0 Å². The summed E-state index contributed by atoms with van der Waals surface area (Å²) in [4.78, 5) is 0. The lowest BCUT2D eigenvalue weighted by Gasteiger charge is -2.21. The fourth-order valence-corrected chi connectivity index (χ4v) is 3.01. The number of anilines is 1. The molecule has 2 aromatic heterocycles. The van der Waals surface area contributed by atoms with E-state index in [2.05, 4.69) is 5.10 Å². The Hall–Kier alpha value is -1.75. The lowest BCUT2D eigenvalue weighted by Crippen LogP contribution is -2.25. The molecule has 0 aromatic carbocycles. The Kier molecular flexibility index (Phi) is 3.53. The Morgan fingerprint density at radius 1 is 1.35 bits per heavy atom. The average Bonchev–Trinajstić information content (AvgIpc) is 2.93. The van der Waals surface area contributed by atoms with Gasteiger partial charge in [-0.1, -0.05) is 19.3 Å². The highest BCUT2D eigenvalue weighted by atomic mass is 16.3. The van der Waals surface area contributed by atoms with Gasteiger partial charge in [-0.05, 0) is 25.8 Å². The molecule has 2 unspecified atom stereocenters. The van der Waals surface area contributed by atoms with Crippen molar-refractivity contribution >= 4 is 5.82 Å². The molecule has 0 spiro atoms. The van der Waals surface area contributed by atoms with Gasteiger partial charge in [0.1, 0.15) is 11.6 Å². The third kappa shape index (κ3) is 2.33. The summed E-state index contributed by atoms with van der Waals surface area (Å²) in [5.74, 6) is 1.43. The van der Waals surface area contributed by atoms with Crippen LogP contribution in [0, 0.1) is 6.92 Å². The van der Waals surface area contributed by atoms with E-state index in [9.17, 15) is 5.11 Å². The molecule has 2 heterocycles. The molecule has 1 aliphatic carbocycles. The fourth-order valence-electron chi connectivity index (χ4n) is 3.01. The molecular formula is C15H21N3O2. The molecule has 0 radical (unpaired) electrons. The number of aliphatic hydroxyl groups excluding tert-OH is 1. The summed E-state index contributed by atoms with van der Waals surface area (Å²) < 4.78 is 7.10. The molecule has 3 N–H and O–H groups in total. The van der Waals surface area contributed by atoms with Gasteiger partial charge < -0.3 is 15.3 Å². The Bertz CT molecular complexity index is 588. The predicted molar refractivity (Wildman–Crippen MR) is 77.2 cm³/mol. The first-order valence-corrected chi connectivity index (χ1v) is 7.24. The van der Waals surface area contributed by atoms with Crippen LogP contribution in [0.1, 0.15) is 43.9 Å². The number of nitrogen functional groups attached to an aromatic ring is 1. The lowest BCUT2D eigenvalue weighted by molar-refractivity contribution is 0.100. The highest BCUT2D eigenvalue weighted by molar-refractivity contribution is 5.64. The first-order chi connectivity index (χ1) is 9.66. The van der Waals surface area contributed by atoms with Gasteiger partial charge in [0.05, 0.1) is 24.1 Å². The van der Waals surface area contributed by atoms with E-state index >= 15 is 0 Å². The first kappa shape index (κ1) is 13.2. The molecule has 0 amide bonds. The van der Waals surface area contributed by atoms with Crippen molar-refractivity contribution in [2.45, 2.75) is 51.2 Å². The molecule has 2 aromatic rings. The molecule has 0 aliphatic heterocycles. The Morgan fingerprint density at radius 2 is 2.15 bits per heavy atom. The SMILES string of the molecule is Cc1occc1-c1cc(N)n(C2CCCCCC2O)n1. The van der Waals surface area contributed by atoms with E-state index in [1.807, 2.05) is 19.1 Å². The van der Waals surface area contributed by atoms with Gasteiger partial charge in [-0.15, -0.1) is 0 Å². The number of aromatic nitrogens is 2. The summed E-state index contributed by atoms with van der Waals surface area (Å²) in [6.07, 6.45) is 6.40. The van der Waals surface area contributed by atoms with Crippen LogP contribution in [0.2, 0.25) is 0 Å². The Labute approximate surface area is 118 Å². The number of aryl methyl sites for hydroxylation is 1. The molecular weight excluding hydrogens is 254 g/mol. The van der Waals surface area contributed by atoms with Gasteiger partial charge >= 0.3 is 0 Å². The summed E-state index contributed by atoms with van der Waals surface area (Å²) in [5.41, 5.74) is 7.87. The Morgan fingerprint density at radius 3 is 2.90 bits per heavy atom. The minimum absolute atomic E-state index is 0.0153. The van der Waals surface area contributed by atoms with Crippen LogP contribution in [-0.4, -0.2) is 21.0 Å². The molecule has 0 bridgehead atoms. The van der Waals surface area contributed by atoms with Crippen LogP contribution in [-0.2, 0) is 0 Å². The standard InChI is InChI=1S/C15H21N3O2/c1-10-11(7-8-20-10)12-9-15(16)18(17-12)13-5-3-2-4-6-14(13)19/h7-9,13-14,19H,2-6,16H2,1H3. The van der Waals surface area contributed by atoms with Crippen LogP contribution in [0.5, 0.6) is 0 Å². The predicted octanol–water partition coefficient (Wildman–Crippen LogP) is 2.90. The summed E-state index contributed by atoms with van der Waals surface area (Å²) in [6, 6.07) is 3.74. The second-order valence-electron chi connectivity index (χ2n) is 5.56. The second-order valence-corrected chi connectivity index (χ2v) is 5.56. The van der Waals surface area contributed by atoms with Crippen LogP contribution >= 0.6 is 0 Å². The molecule has 3 rings (SSSR count). The van der Waals surface area contributed by atoms with E-state index in [4.69, 9.17) is 10.2 Å². The van der Waals surface area contributed by atoms with E-state index in [0.717, 1.165) is 42.7 Å². The third-order valence-corrected chi connectivity index (χ3v) is 4.16. The molecule has 2 atom stereocenters. The van der Waals surface area contributed by atoms with Gasteiger partial charge in [0, 0.05) is 11.6 Å². The molecule has 20 heavy (non-hydrogen) atoms. The lowest BCUT2D eigenvalue weighted by atomic mass is 10.1. The molecule has 1 aliphatic rings. The fraction of sp³-hybridized carbons (Fsp3) is 0.533. The summed E-state index contributed by atoms with van der Waals surface area (Å²) in [7, 11) is 0. The maximum absolute atomic E-state index is 10.3. The molecule has 5 nitrogen and oxygen atoms in total. The van der Waals surface area contributed by atoms with Gasteiger partial charge in [0.15, 0.2) is 0 Å². The van der Waals surface area contributed by atoms with E-state index in [-0.39, 0.29) is 12.1 Å². The van der Waals surface area contributed by atoms with Gasteiger partial charge in [0.25, 0.3) is 0 Å². The van der Waals surface area contributed by atoms with E-state index in [1.165, 1.54) is 6.42 Å². The zero-order valence-corrected chi connectivity index (χ0v) is 11.7. The minimum atomic E-state index is -0.363. The maximum atomic E-state index is 10.3. The zero-order chi connectivity index (χ0) is 14.1. The molecule has 1 fully saturated rings. The topological polar surface area (TPSA) is 77.2 Å². The summed E-state index contributed by atoms with van der Waals surface area (Å²) >= 11 is 0. The highest BCUT2D eigenvalue weighted by Gasteiger charge is 2.26. The quantitative estimate of drug-likeness (QED) is 0.826. The summed E-state index contributed by atoms with van der Waals surface area (Å²) in [6.45, 7) is 1.91. The number of hydrogen-bond donors (Lipinski definition) is 2. The molecule has 1 saturated carbocycles. The largest absolute Gasteiger partial charge is 0.469 e. The smallest absolute Gasteiger partial charge is 0.122 e. The number of aliphatic hydroxyl groups is 1. The van der Waals surface area contributed by atoms with Gasteiger partial charge in [0.2, 0.25) is 0 Å². The number of rotatable bonds is 2. The molecule has 108 valence electrons. The van der Waals surface area contributed by atoms with E-state index in [1.54, 1.807) is 10.9 Å². The highest BCUT2D eigenvalue weighted by Crippen LogP contribution is 2.32. The monoisotopic (exact) mass is 275 g/mol. The number of nitrogens with zero attached hydrogens (tertiary/aromatic N) is 2. The Balaban J connectivity index is 1.94. The molecule has 5 heteroatoms. The number of furan rings is 1.